The molecule has 0 bridgehead atoms. The number of benzene rings is 1. The highest BCUT2D eigenvalue weighted by Gasteiger charge is 2.09. The molecule has 0 spiro atoms. The van der Waals surface area contributed by atoms with Gasteiger partial charge in [-0.3, -0.25) is 0 Å². The Hall–Kier alpha value is -1.46. The molecule has 0 aliphatic rings. The number of anilines is 1. The van der Waals surface area contributed by atoms with Gasteiger partial charge in [0.1, 0.15) is 5.82 Å². The van der Waals surface area contributed by atoms with Gasteiger partial charge < -0.3 is 10.2 Å². The van der Waals surface area contributed by atoms with E-state index in [0.29, 0.717) is 18.8 Å². The summed E-state index contributed by atoms with van der Waals surface area (Å²) in [5.74, 6) is -0.187. The van der Waals surface area contributed by atoms with Crippen molar-refractivity contribution in [2.75, 3.05) is 18.5 Å². The average Bonchev–Trinajstić information content (AvgIpc) is 2.89. The van der Waals surface area contributed by atoms with Crippen molar-refractivity contribution in [1.29, 1.82) is 0 Å². The number of nitrogens with zero attached hydrogens (tertiary/aromatic N) is 2. The molecule has 102 valence electrons. The standard InChI is InChI=1S/C14H18FN3S/c1-3-16-7-11-4-5-14(13(15)6-11)18(2)8-12-9-19-10-17-12/h4-6,9-10,16H,3,7-8H2,1-2H3. The Morgan fingerprint density at radius 1 is 1.42 bits per heavy atom. The van der Waals surface area contributed by atoms with E-state index in [9.17, 15) is 4.39 Å². The van der Waals surface area contributed by atoms with Crippen molar-refractivity contribution in [1.82, 2.24) is 10.3 Å². The molecule has 0 aliphatic carbocycles. The lowest BCUT2D eigenvalue weighted by molar-refractivity contribution is 0.616. The molecule has 3 nitrogen and oxygen atoms in total. The van der Waals surface area contributed by atoms with E-state index in [4.69, 9.17) is 0 Å². The first-order chi connectivity index (χ1) is 9.20. The molecule has 0 atom stereocenters. The van der Waals surface area contributed by atoms with Crippen molar-refractivity contribution >= 4 is 17.0 Å². The van der Waals surface area contributed by atoms with Crippen LogP contribution in [0.25, 0.3) is 0 Å². The molecule has 0 radical (unpaired) electrons. The van der Waals surface area contributed by atoms with E-state index >= 15 is 0 Å². The number of thiazole rings is 1. The minimum absolute atomic E-state index is 0.187. The highest BCUT2D eigenvalue weighted by molar-refractivity contribution is 7.07. The van der Waals surface area contributed by atoms with Gasteiger partial charge in [0.15, 0.2) is 0 Å². The van der Waals surface area contributed by atoms with Crippen LogP contribution in [0.5, 0.6) is 0 Å². The summed E-state index contributed by atoms with van der Waals surface area (Å²) in [4.78, 5) is 6.09. The summed E-state index contributed by atoms with van der Waals surface area (Å²) >= 11 is 1.55. The van der Waals surface area contributed by atoms with E-state index < -0.39 is 0 Å². The fraction of sp³-hybridized carbons (Fsp3) is 0.357. The molecular weight excluding hydrogens is 261 g/mol. The lowest BCUT2D eigenvalue weighted by Gasteiger charge is -2.19. The second kappa shape index (κ2) is 6.63. The molecule has 1 aromatic carbocycles. The lowest BCUT2D eigenvalue weighted by atomic mass is 10.2. The fourth-order valence-corrected chi connectivity index (χ4v) is 2.43. The van der Waals surface area contributed by atoms with Crippen molar-refractivity contribution < 1.29 is 4.39 Å². The van der Waals surface area contributed by atoms with Gasteiger partial charge in [-0.2, -0.15) is 0 Å². The van der Waals surface area contributed by atoms with Crippen molar-refractivity contribution in [3.05, 3.63) is 46.2 Å². The molecule has 2 aromatic rings. The van der Waals surface area contributed by atoms with Crippen LogP contribution < -0.4 is 10.2 Å². The zero-order chi connectivity index (χ0) is 13.7. The molecule has 0 amide bonds. The van der Waals surface area contributed by atoms with Crippen LogP contribution in [0.15, 0.2) is 29.1 Å². The largest absolute Gasteiger partial charge is 0.366 e. The van der Waals surface area contributed by atoms with Crippen LogP contribution in [0.2, 0.25) is 0 Å². The summed E-state index contributed by atoms with van der Waals surface area (Å²) in [5, 5.41) is 5.17. The highest BCUT2D eigenvalue weighted by atomic mass is 32.1. The van der Waals surface area contributed by atoms with Crippen LogP contribution in [0.4, 0.5) is 10.1 Å². The number of rotatable bonds is 6. The molecule has 0 aliphatic heterocycles. The van der Waals surface area contributed by atoms with E-state index in [2.05, 4.69) is 10.3 Å². The lowest BCUT2D eigenvalue weighted by Crippen LogP contribution is -2.18. The van der Waals surface area contributed by atoms with Gasteiger partial charge in [0.05, 0.1) is 23.4 Å². The normalized spacial score (nSPS) is 10.7. The number of nitrogens with one attached hydrogen (secondary N) is 1. The number of halogens is 1. The predicted octanol–water partition coefficient (Wildman–Crippen LogP) is 3.03. The van der Waals surface area contributed by atoms with Crippen LogP contribution in [-0.2, 0) is 13.1 Å². The van der Waals surface area contributed by atoms with E-state index in [1.54, 1.807) is 22.9 Å². The molecule has 0 unspecified atom stereocenters. The van der Waals surface area contributed by atoms with Gasteiger partial charge in [-0.1, -0.05) is 13.0 Å². The summed E-state index contributed by atoms with van der Waals surface area (Å²) in [5.41, 5.74) is 4.32. The van der Waals surface area contributed by atoms with Crippen LogP contribution in [0.1, 0.15) is 18.2 Å². The Labute approximate surface area is 117 Å². The average molecular weight is 279 g/mol. The topological polar surface area (TPSA) is 28.2 Å². The fourth-order valence-electron chi connectivity index (χ4n) is 1.88. The molecule has 5 heteroatoms. The van der Waals surface area contributed by atoms with Crippen LogP contribution in [0, 0.1) is 5.82 Å². The molecule has 2 rings (SSSR count). The van der Waals surface area contributed by atoms with Crippen LogP contribution in [0.3, 0.4) is 0 Å². The summed E-state index contributed by atoms with van der Waals surface area (Å²) in [6.07, 6.45) is 0. The zero-order valence-corrected chi connectivity index (χ0v) is 12.0. The van der Waals surface area contributed by atoms with Gasteiger partial charge in [0.25, 0.3) is 0 Å². The molecule has 1 heterocycles. The monoisotopic (exact) mass is 279 g/mol. The summed E-state index contributed by atoms with van der Waals surface area (Å²) in [6.45, 7) is 4.23. The maximum absolute atomic E-state index is 14.1. The summed E-state index contributed by atoms with van der Waals surface area (Å²) in [7, 11) is 1.88. The third-order valence-corrected chi connectivity index (χ3v) is 3.52. The van der Waals surface area contributed by atoms with Crippen molar-refractivity contribution in [2.45, 2.75) is 20.0 Å². The first-order valence-corrected chi connectivity index (χ1v) is 7.22. The number of hydrogen-bond donors (Lipinski definition) is 1. The minimum atomic E-state index is -0.187. The Kier molecular flexibility index (Phi) is 4.87. The Bertz CT molecular complexity index is 513. The Balaban J connectivity index is 2.07. The number of aromatic nitrogens is 1. The van der Waals surface area contributed by atoms with Crippen molar-refractivity contribution in [2.24, 2.45) is 0 Å². The first kappa shape index (κ1) is 14.0. The smallest absolute Gasteiger partial charge is 0.146 e. The maximum Gasteiger partial charge on any atom is 0.146 e. The molecule has 0 saturated carbocycles. The van der Waals surface area contributed by atoms with Gasteiger partial charge in [-0.15, -0.1) is 11.3 Å². The summed E-state index contributed by atoms with van der Waals surface area (Å²) < 4.78 is 14.1. The van der Waals surface area contributed by atoms with E-state index in [-0.39, 0.29) is 5.82 Å². The molecule has 0 saturated heterocycles. The van der Waals surface area contributed by atoms with E-state index in [0.717, 1.165) is 17.8 Å². The Morgan fingerprint density at radius 2 is 2.26 bits per heavy atom. The predicted molar refractivity (Wildman–Crippen MR) is 78.0 cm³/mol. The first-order valence-electron chi connectivity index (χ1n) is 6.28. The summed E-state index contributed by atoms with van der Waals surface area (Å²) in [6, 6.07) is 5.38. The van der Waals surface area contributed by atoms with E-state index in [1.807, 2.05) is 36.4 Å². The van der Waals surface area contributed by atoms with Crippen molar-refractivity contribution in [3.63, 3.8) is 0 Å². The third kappa shape index (κ3) is 3.75. The van der Waals surface area contributed by atoms with Crippen LogP contribution >= 0.6 is 11.3 Å². The quantitative estimate of drug-likeness (QED) is 0.881. The third-order valence-electron chi connectivity index (χ3n) is 2.89. The molecule has 1 N–H and O–H groups in total. The van der Waals surface area contributed by atoms with Gasteiger partial charge in [0.2, 0.25) is 0 Å². The van der Waals surface area contributed by atoms with E-state index in [1.165, 1.54) is 0 Å². The molecule has 0 fully saturated rings. The number of hydrogen-bond acceptors (Lipinski definition) is 4. The van der Waals surface area contributed by atoms with Crippen molar-refractivity contribution in [3.8, 4) is 0 Å². The maximum atomic E-state index is 14.1. The Morgan fingerprint density at radius 3 is 2.89 bits per heavy atom. The van der Waals surface area contributed by atoms with Gasteiger partial charge in [0, 0.05) is 19.0 Å². The molecule has 19 heavy (non-hydrogen) atoms. The second-order valence-electron chi connectivity index (χ2n) is 4.40. The highest BCUT2D eigenvalue weighted by Crippen LogP contribution is 2.21. The zero-order valence-electron chi connectivity index (χ0n) is 11.2. The SMILES string of the molecule is CCNCc1ccc(N(C)Cc2cscn2)c(F)c1. The van der Waals surface area contributed by atoms with Gasteiger partial charge >= 0.3 is 0 Å². The molecular formula is C14H18FN3S. The minimum Gasteiger partial charge on any atom is -0.366 e. The second-order valence-corrected chi connectivity index (χ2v) is 5.12. The van der Waals surface area contributed by atoms with Gasteiger partial charge in [-0.25, -0.2) is 9.37 Å². The molecule has 1 aromatic heterocycles. The van der Waals surface area contributed by atoms with Crippen LogP contribution in [-0.4, -0.2) is 18.6 Å². The van der Waals surface area contributed by atoms with Gasteiger partial charge in [-0.05, 0) is 24.2 Å².